The lowest BCUT2D eigenvalue weighted by Crippen LogP contribution is -2.54. The van der Waals surface area contributed by atoms with Crippen LogP contribution in [0.5, 0.6) is 11.5 Å². The fourth-order valence-corrected chi connectivity index (χ4v) is 5.66. The first-order valence-electron chi connectivity index (χ1n) is 11.8. The van der Waals surface area contributed by atoms with Gasteiger partial charge >= 0.3 is 6.03 Å². The first-order chi connectivity index (χ1) is 15.5. The van der Waals surface area contributed by atoms with Crippen molar-refractivity contribution in [2.24, 2.45) is 5.92 Å². The number of amides is 4. The minimum atomic E-state index is -0.839. The van der Waals surface area contributed by atoms with Crippen molar-refractivity contribution in [1.29, 1.82) is 0 Å². The molecule has 5 rings (SSSR count). The van der Waals surface area contributed by atoms with E-state index in [-0.39, 0.29) is 30.3 Å². The van der Waals surface area contributed by atoms with Gasteiger partial charge < -0.3 is 19.7 Å². The molecule has 3 fully saturated rings. The largest absolute Gasteiger partial charge is 0.490 e. The molecule has 8 heteroatoms. The Bertz CT molecular complexity index is 934. The molecule has 0 unspecified atom stereocenters. The van der Waals surface area contributed by atoms with Crippen LogP contribution in [-0.4, -0.2) is 59.5 Å². The topological polar surface area (TPSA) is 88.2 Å². The molecule has 0 radical (unpaired) electrons. The maximum absolute atomic E-state index is 13.3. The SMILES string of the molecule is C[C@@H]1CCCC[C@@]12NC(=O)N(CC(=O)N1CCC[C@H]1c1ccc3c(c1)OCCCO3)C2=O. The van der Waals surface area contributed by atoms with E-state index in [1.165, 1.54) is 0 Å². The Morgan fingerprint density at radius 1 is 1.09 bits per heavy atom. The first kappa shape index (κ1) is 21.1. The van der Waals surface area contributed by atoms with Crippen LogP contribution in [0.1, 0.15) is 63.5 Å². The second kappa shape index (κ2) is 8.30. The highest BCUT2D eigenvalue weighted by molar-refractivity contribution is 6.09. The predicted molar refractivity (Wildman–Crippen MR) is 116 cm³/mol. The van der Waals surface area contributed by atoms with Crippen LogP contribution in [0.15, 0.2) is 18.2 Å². The van der Waals surface area contributed by atoms with Gasteiger partial charge in [-0.15, -0.1) is 0 Å². The summed E-state index contributed by atoms with van der Waals surface area (Å²) in [6, 6.07) is 5.31. The van der Waals surface area contributed by atoms with Crippen LogP contribution >= 0.6 is 0 Å². The third kappa shape index (κ3) is 3.49. The Kier molecular flexibility index (Phi) is 5.47. The van der Waals surface area contributed by atoms with E-state index in [1.54, 1.807) is 4.90 Å². The lowest BCUT2D eigenvalue weighted by molar-refractivity contribution is -0.141. The summed E-state index contributed by atoms with van der Waals surface area (Å²) in [4.78, 5) is 42.1. The molecular weight excluding hydrogens is 410 g/mol. The Morgan fingerprint density at radius 3 is 2.72 bits per heavy atom. The van der Waals surface area contributed by atoms with Gasteiger partial charge in [-0.3, -0.25) is 14.5 Å². The van der Waals surface area contributed by atoms with E-state index in [4.69, 9.17) is 9.47 Å². The van der Waals surface area contributed by atoms with Gasteiger partial charge in [-0.2, -0.15) is 0 Å². The molecule has 4 amide bonds. The van der Waals surface area contributed by atoms with E-state index >= 15 is 0 Å². The fourth-order valence-electron chi connectivity index (χ4n) is 5.66. The summed E-state index contributed by atoms with van der Waals surface area (Å²) < 4.78 is 11.5. The number of hydrogen-bond acceptors (Lipinski definition) is 5. The highest BCUT2D eigenvalue weighted by atomic mass is 16.5. The molecule has 172 valence electrons. The first-order valence-corrected chi connectivity index (χ1v) is 11.8. The molecule has 1 aromatic rings. The van der Waals surface area contributed by atoms with Crippen molar-refractivity contribution in [3.8, 4) is 11.5 Å². The highest BCUT2D eigenvalue weighted by Gasteiger charge is 2.55. The zero-order chi connectivity index (χ0) is 22.3. The molecule has 1 N–H and O–H groups in total. The number of ether oxygens (including phenoxy) is 2. The van der Waals surface area contributed by atoms with Gasteiger partial charge in [-0.25, -0.2) is 4.79 Å². The van der Waals surface area contributed by atoms with Gasteiger partial charge in [0.15, 0.2) is 11.5 Å². The summed E-state index contributed by atoms with van der Waals surface area (Å²) in [5.41, 5.74) is 0.156. The van der Waals surface area contributed by atoms with Crippen molar-refractivity contribution in [3.63, 3.8) is 0 Å². The molecule has 1 aromatic carbocycles. The number of nitrogens with one attached hydrogen (secondary N) is 1. The van der Waals surface area contributed by atoms with Gasteiger partial charge in [0.2, 0.25) is 5.91 Å². The number of hydrogen-bond donors (Lipinski definition) is 1. The fraction of sp³-hybridized carbons (Fsp3) is 0.625. The minimum Gasteiger partial charge on any atom is -0.490 e. The molecule has 0 bridgehead atoms. The number of benzene rings is 1. The van der Waals surface area contributed by atoms with Gasteiger partial charge in [0, 0.05) is 13.0 Å². The molecule has 4 aliphatic rings. The third-order valence-corrected chi connectivity index (χ3v) is 7.52. The monoisotopic (exact) mass is 441 g/mol. The Hall–Kier alpha value is -2.77. The number of imide groups is 1. The van der Waals surface area contributed by atoms with E-state index in [0.29, 0.717) is 31.9 Å². The van der Waals surface area contributed by atoms with E-state index in [9.17, 15) is 14.4 Å². The Morgan fingerprint density at radius 2 is 1.91 bits per heavy atom. The van der Waals surface area contributed by atoms with E-state index in [0.717, 1.165) is 54.7 Å². The van der Waals surface area contributed by atoms with Gasteiger partial charge in [-0.1, -0.05) is 25.8 Å². The lowest BCUT2D eigenvalue weighted by atomic mass is 9.73. The highest BCUT2D eigenvalue weighted by Crippen LogP contribution is 2.40. The average molecular weight is 442 g/mol. The van der Waals surface area contributed by atoms with Crippen molar-refractivity contribution < 1.29 is 23.9 Å². The van der Waals surface area contributed by atoms with Crippen LogP contribution in [0.25, 0.3) is 0 Å². The zero-order valence-electron chi connectivity index (χ0n) is 18.6. The van der Waals surface area contributed by atoms with Crippen molar-refractivity contribution in [3.05, 3.63) is 23.8 Å². The summed E-state index contributed by atoms with van der Waals surface area (Å²) in [6.07, 6.45) is 6.09. The number of carbonyl (C=O) groups excluding carboxylic acids is 3. The Balaban J connectivity index is 1.32. The molecule has 1 saturated carbocycles. The molecular formula is C24H31N3O5. The molecule has 1 aliphatic carbocycles. The second-order valence-electron chi connectivity index (χ2n) is 9.44. The van der Waals surface area contributed by atoms with Crippen LogP contribution in [0.3, 0.4) is 0 Å². The normalized spacial score (nSPS) is 29.9. The van der Waals surface area contributed by atoms with Crippen molar-refractivity contribution in [2.45, 2.75) is 63.5 Å². The number of carbonyl (C=O) groups is 3. The summed E-state index contributed by atoms with van der Waals surface area (Å²) >= 11 is 0. The minimum absolute atomic E-state index is 0.0779. The van der Waals surface area contributed by atoms with Crippen LogP contribution in [0, 0.1) is 5.92 Å². The summed E-state index contributed by atoms with van der Waals surface area (Å²) in [5.74, 6) is 1.09. The molecule has 2 saturated heterocycles. The Labute approximate surface area is 188 Å². The molecule has 32 heavy (non-hydrogen) atoms. The number of likely N-dealkylation sites (tertiary alicyclic amines) is 1. The average Bonchev–Trinajstić information content (AvgIpc) is 3.27. The summed E-state index contributed by atoms with van der Waals surface area (Å²) in [7, 11) is 0. The van der Waals surface area contributed by atoms with E-state index < -0.39 is 11.6 Å². The quantitative estimate of drug-likeness (QED) is 0.729. The number of rotatable bonds is 3. The van der Waals surface area contributed by atoms with Crippen molar-refractivity contribution in [2.75, 3.05) is 26.3 Å². The van der Waals surface area contributed by atoms with Crippen LogP contribution in [0.2, 0.25) is 0 Å². The predicted octanol–water partition coefficient (Wildman–Crippen LogP) is 3.01. The number of urea groups is 1. The summed E-state index contributed by atoms with van der Waals surface area (Å²) in [6.45, 7) is 3.66. The maximum Gasteiger partial charge on any atom is 0.325 e. The van der Waals surface area contributed by atoms with E-state index in [1.807, 2.05) is 25.1 Å². The van der Waals surface area contributed by atoms with Crippen LogP contribution in [-0.2, 0) is 9.59 Å². The number of nitrogens with zero attached hydrogens (tertiary/aromatic N) is 2. The molecule has 8 nitrogen and oxygen atoms in total. The third-order valence-electron chi connectivity index (χ3n) is 7.52. The second-order valence-corrected chi connectivity index (χ2v) is 9.44. The summed E-state index contributed by atoms with van der Waals surface area (Å²) in [5, 5.41) is 2.93. The van der Waals surface area contributed by atoms with Crippen molar-refractivity contribution >= 4 is 17.8 Å². The number of fused-ring (bicyclic) bond motifs is 1. The van der Waals surface area contributed by atoms with Gasteiger partial charge in [0.05, 0.1) is 19.3 Å². The van der Waals surface area contributed by atoms with Gasteiger partial charge in [0.1, 0.15) is 12.1 Å². The van der Waals surface area contributed by atoms with E-state index in [2.05, 4.69) is 5.32 Å². The maximum atomic E-state index is 13.3. The standard InChI is InChI=1S/C24H31N3O5/c1-16-6-2-3-10-24(16)22(29)27(23(30)25-24)15-21(28)26-11-4-7-18(26)17-8-9-19-20(14-17)32-13-5-12-31-19/h8-9,14,16,18H,2-7,10-13,15H2,1H3,(H,25,30)/t16-,18+,24-/m1/s1. The zero-order valence-corrected chi connectivity index (χ0v) is 18.6. The molecule has 3 atom stereocenters. The lowest BCUT2D eigenvalue weighted by Gasteiger charge is -2.36. The van der Waals surface area contributed by atoms with Crippen LogP contribution < -0.4 is 14.8 Å². The van der Waals surface area contributed by atoms with Gasteiger partial charge in [-0.05, 0) is 49.3 Å². The smallest absolute Gasteiger partial charge is 0.325 e. The van der Waals surface area contributed by atoms with Gasteiger partial charge in [0.25, 0.3) is 5.91 Å². The van der Waals surface area contributed by atoms with Crippen LogP contribution in [0.4, 0.5) is 4.79 Å². The molecule has 0 aromatic heterocycles. The molecule has 3 aliphatic heterocycles. The van der Waals surface area contributed by atoms with Crippen molar-refractivity contribution in [1.82, 2.24) is 15.1 Å². The molecule has 1 spiro atoms. The molecule has 3 heterocycles.